The van der Waals surface area contributed by atoms with E-state index < -0.39 is 0 Å². The summed E-state index contributed by atoms with van der Waals surface area (Å²) < 4.78 is 5.39. The molecule has 0 aromatic heterocycles. The van der Waals surface area contributed by atoms with Crippen LogP contribution in [0.5, 0.6) is 0 Å². The number of rotatable bonds is 9. The van der Waals surface area contributed by atoms with Crippen LogP contribution < -0.4 is 15.5 Å². The van der Waals surface area contributed by atoms with E-state index in [1.54, 1.807) is 0 Å². The molecule has 2 rings (SSSR count). The van der Waals surface area contributed by atoms with E-state index in [1.807, 2.05) is 0 Å². The van der Waals surface area contributed by atoms with Gasteiger partial charge in [-0.15, -0.1) is 24.0 Å². The molecule has 0 bridgehead atoms. The molecule has 154 valence electrons. The Hall–Kier alpha value is -1.06. The molecule has 1 aliphatic heterocycles. The standard InChI is InChI=1S/C20H35N5O.HI/c1-4-21-20(22-10-12-24-14-16-26-17-15-24)23-11-13-25(5-2)19-9-7-6-8-18(19)3;/h6-9H,4-5,10-17H2,1-3H3,(H2,21,22,23);1H. The van der Waals surface area contributed by atoms with Gasteiger partial charge in [0.15, 0.2) is 5.96 Å². The van der Waals surface area contributed by atoms with Crippen molar-refractivity contribution >= 4 is 35.6 Å². The zero-order chi connectivity index (χ0) is 18.6. The highest BCUT2D eigenvalue weighted by molar-refractivity contribution is 14.0. The lowest BCUT2D eigenvalue weighted by atomic mass is 10.2. The van der Waals surface area contributed by atoms with Gasteiger partial charge in [0, 0.05) is 51.5 Å². The molecular formula is C20H36IN5O. The Bertz CT molecular complexity index is 549. The number of anilines is 1. The number of morpholine rings is 1. The maximum Gasteiger partial charge on any atom is 0.191 e. The molecule has 1 saturated heterocycles. The first-order chi connectivity index (χ1) is 12.7. The normalized spacial score (nSPS) is 15.1. The number of hydrogen-bond donors (Lipinski definition) is 2. The van der Waals surface area contributed by atoms with E-state index in [9.17, 15) is 0 Å². The van der Waals surface area contributed by atoms with Gasteiger partial charge in [-0.05, 0) is 32.4 Å². The van der Waals surface area contributed by atoms with E-state index in [-0.39, 0.29) is 24.0 Å². The van der Waals surface area contributed by atoms with Crippen molar-refractivity contribution in [1.82, 2.24) is 15.5 Å². The van der Waals surface area contributed by atoms with Crippen LogP contribution in [-0.2, 0) is 4.74 Å². The molecule has 0 aliphatic carbocycles. The van der Waals surface area contributed by atoms with Crippen LogP contribution in [0, 0.1) is 6.92 Å². The van der Waals surface area contributed by atoms with Crippen molar-refractivity contribution in [1.29, 1.82) is 0 Å². The van der Waals surface area contributed by atoms with Crippen molar-refractivity contribution in [2.24, 2.45) is 4.99 Å². The average Bonchev–Trinajstić information content (AvgIpc) is 2.67. The number of para-hydroxylation sites is 1. The zero-order valence-electron chi connectivity index (χ0n) is 17.0. The first-order valence-electron chi connectivity index (χ1n) is 9.87. The summed E-state index contributed by atoms with van der Waals surface area (Å²) in [5, 5.41) is 6.81. The number of likely N-dealkylation sites (N-methyl/N-ethyl adjacent to an activating group) is 1. The van der Waals surface area contributed by atoms with Gasteiger partial charge in [-0.3, -0.25) is 9.89 Å². The second kappa shape index (κ2) is 14.0. The molecule has 6 nitrogen and oxygen atoms in total. The van der Waals surface area contributed by atoms with Crippen LogP contribution in [0.4, 0.5) is 5.69 Å². The van der Waals surface area contributed by atoms with Gasteiger partial charge in [-0.2, -0.15) is 0 Å². The summed E-state index contributed by atoms with van der Waals surface area (Å²) in [6.07, 6.45) is 0. The molecule has 1 aliphatic rings. The fourth-order valence-electron chi connectivity index (χ4n) is 3.15. The summed E-state index contributed by atoms with van der Waals surface area (Å²) in [5.41, 5.74) is 2.63. The van der Waals surface area contributed by atoms with Crippen LogP contribution in [0.25, 0.3) is 0 Å². The van der Waals surface area contributed by atoms with E-state index in [4.69, 9.17) is 9.73 Å². The molecule has 27 heavy (non-hydrogen) atoms. The molecule has 2 N–H and O–H groups in total. The van der Waals surface area contributed by atoms with E-state index in [2.05, 4.69) is 65.5 Å². The highest BCUT2D eigenvalue weighted by atomic mass is 127. The number of nitrogens with zero attached hydrogens (tertiary/aromatic N) is 3. The Labute approximate surface area is 181 Å². The molecule has 0 unspecified atom stereocenters. The number of halogens is 1. The fraction of sp³-hybridized carbons (Fsp3) is 0.650. The van der Waals surface area contributed by atoms with Crippen LogP contribution in [0.3, 0.4) is 0 Å². The van der Waals surface area contributed by atoms with Crippen molar-refractivity contribution in [3.05, 3.63) is 29.8 Å². The summed E-state index contributed by atoms with van der Waals surface area (Å²) >= 11 is 0. The predicted molar refractivity (Wildman–Crippen MR) is 126 cm³/mol. The lowest BCUT2D eigenvalue weighted by Gasteiger charge is -2.26. The minimum atomic E-state index is 0. The number of aliphatic imine (C=N–C) groups is 1. The maximum atomic E-state index is 5.39. The molecular weight excluding hydrogens is 453 g/mol. The number of guanidine groups is 1. The molecule has 1 heterocycles. The lowest BCUT2D eigenvalue weighted by Crippen LogP contribution is -2.42. The van der Waals surface area contributed by atoms with Crippen molar-refractivity contribution in [2.45, 2.75) is 20.8 Å². The largest absolute Gasteiger partial charge is 0.379 e. The van der Waals surface area contributed by atoms with Gasteiger partial charge < -0.3 is 20.3 Å². The monoisotopic (exact) mass is 489 g/mol. The molecule has 1 fully saturated rings. The van der Waals surface area contributed by atoms with E-state index in [1.165, 1.54) is 11.3 Å². The molecule has 0 amide bonds. The number of nitrogens with one attached hydrogen (secondary N) is 2. The Morgan fingerprint density at radius 2 is 1.93 bits per heavy atom. The number of aryl methyl sites for hydroxylation is 1. The molecule has 0 spiro atoms. The molecule has 0 saturated carbocycles. The second-order valence-corrected chi connectivity index (χ2v) is 6.51. The van der Waals surface area contributed by atoms with Gasteiger partial charge in [-0.1, -0.05) is 18.2 Å². The predicted octanol–water partition coefficient (Wildman–Crippen LogP) is 2.33. The smallest absolute Gasteiger partial charge is 0.191 e. The number of hydrogen-bond acceptors (Lipinski definition) is 4. The van der Waals surface area contributed by atoms with Gasteiger partial charge in [-0.25, -0.2) is 0 Å². The molecule has 1 aromatic rings. The van der Waals surface area contributed by atoms with Gasteiger partial charge in [0.05, 0.1) is 19.8 Å². The minimum absolute atomic E-state index is 0. The van der Waals surface area contributed by atoms with E-state index in [0.717, 1.165) is 71.5 Å². The highest BCUT2D eigenvalue weighted by Crippen LogP contribution is 2.18. The summed E-state index contributed by atoms with van der Waals surface area (Å²) in [7, 11) is 0. The van der Waals surface area contributed by atoms with Gasteiger partial charge in [0.25, 0.3) is 0 Å². The molecule has 0 atom stereocenters. The van der Waals surface area contributed by atoms with Crippen LogP contribution >= 0.6 is 24.0 Å². The summed E-state index contributed by atoms with van der Waals surface area (Å²) in [5.74, 6) is 0.904. The van der Waals surface area contributed by atoms with Crippen molar-refractivity contribution < 1.29 is 4.74 Å². The van der Waals surface area contributed by atoms with Gasteiger partial charge >= 0.3 is 0 Å². The summed E-state index contributed by atoms with van der Waals surface area (Å²) in [6, 6.07) is 8.56. The number of ether oxygens (including phenoxy) is 1. The molecule has 0 radical (unpaired) electrons. The van der Waals surface area contributed by atoms with Crippen molar-refractivity contribution in [3.8, 4) is 0 Å². The Morgan fingerprint density at radius 3 is 2.59 bits per heavy atom. The fourth-order valence-corrected chi connectivity index (χ4v) is 3.15. The third kappa shape index (κ3) is 8.66. The first-order valence-corrected chi connectivity index (χ1v) is 9.87. The Morgan fingerprint density at radius 1 is 1.19 bits per heavy atom. The summed E-state index contributed by atoms with van der Waals surface area (Å²) in [4.78, 5) is 9.53. The van der Waals surface area contributed by atoms with Gasteiger partial charge in [0.1, 0.15) is 0 Å². The second-order valence-electron chi connectivity index (χ2n) is 6.51. The quantitative estimate of drug-likeness (QED) is 0.317. The Balaban J connectivity index is 0.00000364. The first kappa shape index (κ1) is 24.0. The minimum Gasteiger partial charge on any atom is -0.379 e. The van der Waals surface area contributed by atoms with Gasteiger partial charge in [0.2, 0.25) is 0 Å². The van der Waals surface area contributed by atoms with E-state index in [0.29, 0.717) is 0 Å². The SMILES string of the molecule is CCNC(=NCCN1CCOCC1)NCCN(CC)c1ccccc1C.I. The van der Waals surface area contributed by atoms with Crippen molar-refractivity contribution in [3.63, 3.8) is 0 Å². The Kier molecular flexibility index (Phi) is 12.4. The van der Waals surface area contributed by atoms with Crippen LogP contribution in [0.2, 0.25) is 0 Å². The molecule has 1 aromatic carbocycles. The van der Waals surface area contributed by atoms with Crippen molar-refractivity contribution in [2.75, 3.05) is 70.5 Å². The lowest BCUT2D eigenvalue weighted by molar-refractivity contribution is 0.0394. The third-order valence-corrected chi connectivity index (χ3v) is 4.65. The number of benzene rings is 1. The average molecular weight is 489 g/mol. The van der Waals surface area contributed by atoms with E-state index >= 15 is 0 Å². The van der Waals surface area contributed by atoms with Crippen LogP contribution in [0.15, 0.2) is 29.3 Å². The maximum absolute atomic E-state index is 5.39. The van der Waals surface area contributed by atoms with Crippen LogP contribution in [-0.4, -0.2) is 76.4 Å². The zero-order valence-corrected chi connectivity index (χ0v) is 19.4. The highest BCUT2D eigenvalue weighted by Gasteiger charge is 2.10. The van der Waals surface area contributed by atoms with Crippen LogP contribution in [0.1, 0.15) is 19.4 Å². The molecule has 7 heteroatoms. The summed E-state index contributed by atoms with van der Waals surface area (Å²) in [6.45, 7) is 15.7. The topological polar surface area (TPSA) is 52.1 Å². The third-order valence-electron chi connectivity index (χ3n) is 4.65.